The number of allylic oxidation sites excluding steroid dienone is 14. The molecule has 1 aliphatic rings. The summed E-state index contributed by atoms with van der Waals surface area (Å²) in [5, 5.41) is 54.8. The van der Waals surface area contributed by atoms with Crippen molar-refractivity contribution in [2.24, 2.45) is 0 Å². The zero-order chi connectivity index (χ0) is 56.5. The van der Waals surface area contributed by atoms with Gasteiger partial charge in [-0.15, -0.1) is 0 Å². The highest BCUT2D eigenvalue weighted by molar-refractivity contribution is 5.76. The first-order chi connectivity index (χ1) is 38.3. The van der Waals surface area contributed by atoms with Crippen molar-refractivity contribution >= 4 is 5.91 Å². The van der Waals surface area contributed by atoms with E-state index in [1.54, 1.807) is 0 Å². The summed E-state index contributed by atoms with van der Waals surface area (Å²) < 4.78 is 11.3. The summed E-state index contributed by atoms with van der Waals surface area (Å²) in [4.78, 5) is 13.1. The molecule has 1 aliphatic heterocycles. The first-order valence-electron chi connectivity index (χ1n) is 32.8. The zero-order valence-electron chi connectivity index (χ0n) is 50.4. The van der Waals surface area contributed by atoms with Crippen LogP contribution < -0.4 is 5.32 Å². The highest BCUT2D eigenvalue weighted by Gasteiger charge is 2.44. The highest BCUT2D eigenvalue weighted by Crippen LogP contribution is 2.23. The van der Waals surface area contributed by atoms with Crippen molar-refractivity contribution < 1.29 is 39.8 Å². The van der Waals surface area contributed by atoms with E-state index in [-0.39, 0.29) is 12.5 Å². The number of nitrogens with one attached hydrogen (secondary N) is 1. The van der Waals surface area contributed by atoms with Crippen molar-refractivity contribution in [2.75, 3.05) is 13.2 Å². The van der Waals surface area contributed by atoms with Gasteiger partial charge in [-0.05, 0) is 70.6 Å². The van der Waals surface area contributed by atoms with Crippen LogP contribution in [-0.2, 0) is 14.3 Å². The van der Waals surface area contributed by atoms with Crippen molar-refractivity contribution in [1.29, 1.82) is 0 Å². The van der Waals surface area contributed by atoms with Crippen LogP contribution in [0, 0.1) is 0 Å². The number of hydrogen-bond donors (Lipinski definition) is 6. The lowest BCUT2D eigenvalue weighted by Gasteiger charge is -2.40. The van der Waals surface area contributed by atoms with Gasteiger partial charge >= 0.3 is 0 Å². The van der Waals surface area contributed by atoms with Crippen molar-refractivity contribution in [3.8, 4) is 0 Å². The Morgan fingerprint density at radius 1 is 0.449 bits per heavy atom. The van der Waals surface area contributed by atoms with Crippen LogP contribution in [0.1, 0.15) is 290 Å². The second-order valence-corrected chi connectivity index (χ2v) is 22.5. The summed E-state index contributed by atoms with van der Waals surface area (Å²) in [6.07, 6.45) is 74.9. The van der Waals surface area contributed by atoms with Crippen LogP contribution in [-0.4, -0.2) is 87.5 Å². The van der Waals surface area contributed by atoms with Gasteiger partial charge < -0.3 is 40.3 Å². The maximum atomic E-state index is 13.1. The number of unbranched alkanes of at least 4 members (excludes halogenated alkanes) is 32. The van der Waals surface area contributed by atoms with Crippen LogP contribution in [0.4, 0.5) is 0 Å². The van der Waals surface area contributed by atoms with E-state index < -0.39 is 49.5 Å². The molecule has 7 atom stereocenters. The van der Waals surface area contributed by atoms with Crippen molar-refractivity contribution in [3.63, 3.8) is 0 Å². The molecule has 0 bridgehead atoms. The first kappa shape index (κ1) is 73.4. The van der Waals surface area contributed by atoms with Gasteiger partial charge in [-0.2, -0.15) is 0 Å². The highest BCUT2D eigenvalue weighted by atomic mass is 16.7. The lowest BCUT2D eigenvalue weighted by Crippen LogP contribution is -2.60. The Bertz CT molecular complexity index is 1500. The van der Waals surface area contributed by atoms with E-state index in [9.17, 15) is 30.3 Å². The van der Waals surface area contributed by atoms with Crippen molar-refractivity contribution in [2.45, 2.75) is 333 Å². The summed E-state index contributed by atoms with van der Waals surface area (Å²) in [5.41, 5.74) is 0. The molecule has 1 heterocycles. The average molecular weight is 1090 g/mol. The largest absolute Gasteiger partial charge is 0.394 e. The fourth-order valence-corrected chi connectivity index (χ4v) is 10.1. The molecule has 452 valence electrons. The normalized spacial score (nSPS) is 19.2. The number of rotatable bonds is 56. The van der Waals surface area contributed by atoms with Gasteiger partial charge in [-0.25, -0.2) is 0 Å². The van der Waals surface area contributed by atoms with Gasteiger partial charge in [0.25, 0.3) is 0 Å². The SMILES string of the molecule is CC/C=C\C/C=C\C/C=C\C/C=C\C/C=C\C/C=C\C/C=C\CCCCCCCCCCCCCCCCCC(=O)NC(COC1OC(CO)C(O)C(O)C1O)C(O)CCCCCCCCCCCCCCCCCCCC. The van der Waals surface area contributed by atoms with E-state index in [4.69, 9.17) is 9.47 Å². The predicted octanol–water partition coefficient (Wildman–Crippen LogP) is 17.4. The number of carbonyl (C=O) groups is 1. The Morgan fingerprint density at radius 2 is 0.795 bits per heavy atom. The summed E-state index contributed by atoms with van der Waals surface area (Å²) in [6, 6.07) is -0.723. The van der Waals surface area contributed by atoms with E-state index in [0.717, 1.165) is 83.5 Å². The molecule has 1 amide bonds. The summed E-state index contributed by atoms with van der Waals surface area (Å²) in [7, 11) is 0. The van der Waals surface area contributed by atoms with Crippen molar-refractivity contribution in [1.82, 2.24) is 5.32 Å². The smallest absolute Gasteiger partial charge is 0.220 e. The molecule has 9 heteroatoms. The number of aliphatic hydroxyl groups is 5. The van der Waals surface area contributed by atoms with Gasteiger partial charge in [-0.1, -0.05) is 298 Å². The molecule has 0 saturated carbocycles. The number of aliphatic hydroxyl groups excluding tert-OH is 5. The fraction of sp³-hybridized carbons (Fsp3) is 0.783. The molecule has 0 aromatic carbocycles. The minimum Gasteiger partial charge on any atom is -0.394 e. The van der Waals surface area contributed by atoms with E-state index in [1.165, 1.54) is 180 Å². The van der Waals surface area contributed by atoms with Crippen LogP contribution in [0.2, 0.25) is 0 Å². The second-order valence-electron chi connectivity index (χ2n) is 22.5. The Hall–Kier alpha value is -2.63. The molecule has 0 aromatic heterocycles. The summed E-state index contributed by atoms with van der Waals surface area (Å²) >= 11 is 0. The second kappa shape index (κ2) is 57.6. The minimum absolute atomic E-state index is 0.139. The van der Waals surface area contributed by atoms with Crippen LogP contribution in [0.15, 0.2) is 85.1 Å². The molecule has 0 spiro atoms. The minimum atomic E-state index is -1.56. The maximum Gasteiger partial charge on any atom is 0.220 e. The number of carbonyl (C=O) groups excluding carboxylic acids is 1. The van der Waals surface area contributed by atoms with Gasteiger partial charge in [-0.3, -0.25) is 4.79 Å². The van der Waals surface area contributed by atoms with Crippen LogP contribution in [0.5, 0.6) is 0 Å². The van der Waals surface area contributed by atoms with Crippen LogP contribution >= 0.6 is 0 Å². The van der Waals surface area contributed by atoms with E-state index in [1.807, 2.05) is 0 Å². The van der Waals surface area contributed by atoms with Gasteiger partial charge in [0.15, 0.2) is 6.29 Å². The molecular weight excluding hydrogens is 971 g/mol. The van der Waals surface area contributed by atoms with E-state index in [0.29, 0.717) is 12.8 Å². The summed E-state index contributed by atoms with van der Waals surface area (Å²) in [6.45, 7) is 3.75. The molecule has 78 heavy (non-hydrogen) atoms. The average Bonchev–Trinajstić information content (AvgIpc) is 3.45. The number of amides is 1. The van der Waals surface area contributed by atoms with Gasteiger partial charge in [0, 0.05) is 6.42 Å². The number of hydrogen-bond acceptors (Lipinski definition) is 8. The van der Waals surface area contributed by atoms with Gasteiger partial charge in [0.1, 0.15) is 24.4 Å². The molecule has 6 N–H and O–H groups in total. The molecular formula is C69H123NO8. The maximum absolute atomic E-state index is 13.1. The molecule has 0 radical (unpaired) electrons. The third-order valence-corrected chi connectivity index (χ3v) is 15.3. The lowest BCUT2D eigenvalue weighted by molar-refractivity contribution is -0.302. The van der Waals surface area contributed by atoms with Crippen molar-refractivity contribution in [3.05, 3.63) is 85.1 Å². The van der Waals surface area contributed by atoms with Gasteiger partial charge in [0.2, 0.25) is 5.91 Å². The zero-order valence-corrected chi connectivity index (χ0v) is 50.4. The monoisotopic (exact) mass is 1090 g/mol. The first-order valence-corrected chi connectivity index (χ1v) is 32.8. The molecule has 1 saturated heterocycles. The fourth-order valence-electron chi connectivity index (χ4n) is 10.1. The Balaban J connectivity index is 2.11. The topological polar surface area (TPSA) is 149 Å². The Kier molecular flexibility index (Phi) is 54.2. The quantitative estimate of drug-likeness (QED) is 0.0261. The van der Waals surface area contributed by atoms with E-state index >= 15 is 0 Å². The summed E-state index contributed by atoms with van der Waals surface area (Å²) in [5.74, 6) is -0.144. The molecule has 9 nitrogen and oxygen atoms in total. The standard InChI is InChI=1S/C69H123NO8/c1-3-5-7-9-11-13-15-17-19-21-23-24-25-26-27-28-29-30-31-32-33-34-35-36-37-38-39-40-41-43-45-47-49-51-53-55-57-59-65(73)70-62(61-77-69-68(76)67(75)66(74)64(60-71)78-69)63(72)58-56-54-52-50-48-46-44-42-22-20-18-16-14-12-10-8-6-4-2/h5,7,11,13,17,19,23-24,26-27,29-30,32-33,62-64,66-69,71-72,74-76H,3-4,6,8-10,12,14-16,18,20-22,25,28,31,34-61H2,1-2H3,(H,70,73)/b7-5-,13-11-,19-17-,24-23-,27-26-,30-29-,33-32-. The molecule has 0 aromatic rings. The third kappa shape index (κ3) is 46.0. The third-order valence-electron chi connectivity index (χ3n) is 15.3. The van der Waals surface area contributed by atoms with E-state index in [2.05, 4.69) is 104 Å². The predicted molar refractivity (Wildman–Crippen MR) is 332 cm³/mol. The van der Waals surface area contributed by atoms with Crippen LogP contribution in [0.25, 0.3) is 0 Å². The molecule has 7 unspecified atom stereocenters. The van der Waals surface area contributed by atoms with Gasteiger partial charge in [0.05, 0.1) is 25.4 Å². The van der Waals surface area contributed by atoms with Crippen LogP contribution in [0.3, 0.4) is 0 Å². The lowest BCUT2D eigenvalue weighted by atomic mass is 9.99. The Morgan fingerprint density at radius 3 is 1.18 bits per heavy atom. The molecule has 1 rings (SSSR count). The Labute approximate surface area is 480 Å². The number of ether oxygens (including phenoxy) is 2. The molecule has 0 aliphatic carbocycles. The molecule has 1 fully saturated rings.